The van der Waals surface area contributed by atoms with Crippen LogP contribution in [0.2, 0.25) is 0 Å². The molecule has 1 aliphatic heterocycles. The molecular weight excluding hydrogens is 479 g/mol. The zero-order valence-electron chi connectivity index (χ0n) is 19.8. The molecule has 3 N–H and O–H groups in total. The molecular formula is C27H27FN4O3S. The highest BCUT2D eigenvalue weighted by atomic mass is 32.3. The fraction of sp³-hybridized carbons (Fsp3) is 0.296. The predicted octanol–water partition coefficient (Wildman–Crippen LogP) is 5.75. The number of carbonyl (C=O) groups excluding carboxylic acids is 1. The van der Waals surface area contributed by atoms with Gasteiger partial charge < -0.3 is 5.32 Å². The van der Waals surface area contributed by atoms with Crippen LogP contribution in [0, 0.1) is 5.82 Å². The molecule has 2 fully saturated rings. The van der Waals surface area contributed by atoms with E-state index < -0.39 is 21.9 Å². The third kappa shape index (κ3) is 4.38. The van der Waals surface area contributed by atoms with E-state index in [2.05, 4.69) is 22.4 Å². The van der Waals surface area contributed by atoms with Crippen LogP contribution in [0.4, 0.5) is 4.39 Å². The summed E-state index contributed by atoms with van der Waals surface area (Å²) >= 11 is 0. The van der Waals surface area contributed by atoms with E-state index in [1.807, 2.05) is 25.1 Å². The number of hydrogen-bond acceptors (Lipinski definition) is 5. The second-order valence-corrected chi connectivity index (χ2v) is 12.4. The Morgan fingerprint density at radius 3 is 2.69 bits per heavy atom. The van der Waals surface area contributed by atoms with E-state index in [-0.39, 0.29) is 17.4 Å². The van der Waals surface area contributed by atoms with E-state index >= 15 is 0 Å². The Balaban J connectivity index is 1.43. The van der Waals surface area contributed by atoms with Crippen LogP contribution in [0.5, 0.6) is 0 Å². The predicted molar refractivity (Wildman–Crippen MR) is 139 cm³/mol. The average molecular weight is 507 g/mol. The van der Waals surface area contributed by atoms with Crippen LogP contribution in [0.1, 0.15) is 48.0 Å². The lowest BCUT2D eigenvalue weighted by Gasteiger charge is -2.30. The molecule has 36 heavy (non-hydrogen) atoms. The number of aromatic nitrogens is 3. The zero-order valence-corrected chi connectivity index (χ0v) is 20.6. The highest BCUT2D eigenvalue weighted by Gasteiger charge is 2.39. The van der Waals surface area contributed by atoms with Gasteiger partial charge in [0.15, 0.2) is 5.82 Å². The SMILES string of the molecule is CC1(NC(=O)c2ccc3c(-c4cccc(C5CC5)c4)nn(-c4ccc(F)cn4)c3c2)CCS(O)(O)C1. The minimum atomic E-state index is -2.66. The van der Waals surface area contributed by atoms with Gasteiger partial charge >= 0.3 is 0 Å². The van der Waals surface area contributed by atoms with Crippen molar-refractivity contribution in [1.29, 1.82) is 0 Å². The summed E-state index contributed by atoms with van der Waals surface area (Å²) in [4.78, 5) is 17.4. The maximum absolute atomic E-state index is 13.6. The van der Waals surface area contributed by atoms with Crippen molar-refractivity contribution < 1.29 is 18.3 Å². The minimum Gasteiger partial charge on any atom is -0.345 e. The molecule has 186 valence electrons. The standard InChI is InChI=1S/C27H27FN4O3S/c1-27(11-12-36(34,35)16-27)30-26(33)20-7-9-22-23(14-20)32(24-10-8-21(28)15-29-24)31-25(22)19-4-2-3-18(13-19)17-5-6-17/h2-4,7-10,13-15,17,34-35H,5-6,11-12,16H2,1H3,(H,30,33). The van der Waals surface area contributed by atoms with Crippen LogP contribution in [-0.2, 0) is 0 Å². The second-order valence-electron chi connectivity index (χ2n) is 10.1. The summed E-state index contributed by atoms with van der Waals surface area (Å²) in [6, 6.07) is 16.7. The lowest BCUT2D eigenvalue weighted by molar-refractivity contribution is 0.0915. The van der Waals surface area contributed by atoms with E-state index in [0.29, 0.717) is 29.2 Å². The summed E-state index contributed by atoms with van der Waals surface area (Å²) in [6.07, 6.45) is 4.05. The summed E-state index contributed by atoms with van der Waals surface area (Å²) in [5.41, 5.74) is 3.45. The van der Waals surface area contributed by atoms with Crippen LogP contribution in [-0.4, -0.2) is 46.8 Å². The third-order valence-electron chi connectivity index (χ3n) is 7.03. The van der Waals surface area contributed by atoms with Crippen molar-refractivity contribution in [3.63, 3.8) is 0 Å². The largest absolute Gasteiger partial charge is 0.345 e. The van der Waals surface area contributed by atoms with E-state index in [4.69, 9.17) is 5.10 Å². The Morgan fingerprint density at radius 1 is 1.17 bits per heavy atom. The van der Waals surface area contributed by atoms with E-state index in [9.17, 15) is 18.3 Å². The summed E-state index contributed by atoms with van der Waals surface area (Å²) in [5.74, 6) is 0.738. The van der Waals surface area contributed by atoms with Gasteiger partial charge in [0.25, 0.3) is 5.91 Å². The Hall–Kier alpha value is -3.27. The number of benzene rings is 2. The molecule has 1 atom stereocenters. The van der Waals surface area contributed by atoms with E-state index in [0.717, 1.165) is 22.8 Å². The molecule has 2 aromatic heterocycles. The normalized spacial score (nSPS) is 22.0. The topological polar surface area (TPSA) is 100 Å². The van der Waals surface area contributed by atoms with Gasteiger partial charge in [-0.1, -0.05) is 18.2 Å². The molecule has 2 aliphatic rings. The Labute approximate surface area is 209 Å². The molecule has 0 radical (unpaired) electrons. The van der Waals surface area contributed by atoms with Crippen molar-refractivity contribution in [2.75, 3.05) is 11.5 Å². The zero-order chi connectivity index (χ0) is 25.1. The number of amides is 1. The first kappa shape index (κ1) is 23.1. The van der Waals surface area contributed by atoms with Crippen LogP contribution < -0.4 is 5.32 Å². The van der Waals surface area contributed by atoms with Crippen LogP contribution in [0.15, 0.2) is 60.8 Å². The monoisotopic (exact) mass is 506 g/mol. The van der Waals surface area contributed by atoms with Gasteiger partial charge in [-0.3, -0.25) is 13.9 Å². The Bertz CT molecular complexity index is 1480. The highest BCUT2D eigenvalue weighted by molar-refractivity contribution is 8.24. The van der Waals surface area contributed by atoms with Gasteiger partial charge in [0.2, 0.25) is 0 Å². The van der Waals surface area contributed by atoms with Crippen molar-refractivity contribution >= 4 is 27.4 Å². The molecule has 1 saturated heterocycles. The van der Waals surface area contributed by atoms with Crippen molar-refractivity contribution in [3.05, 3.63) is 77.7 Å². The average Bonchev–Trinajstić information content (AvgIpc) is 3.58. The summed E-state index contributed by atoms with van der Waals surface area (Å²) in [5, 5.41) is 8.70. The van der Waals surface area contributed by atoms with Gasteiger partial charge in [-0.15, -0.1) is 0 Å². The molecule has 9 heteroatoms. The molecule has 7 nitrogen and oxygen atoms in total. The smallest absolute Gasteiger partial charge is 0.251 e. The Morgan fingerprint density at radius 2 is 2.00 bits per heavy atom. The summed E-state index contributed by atoms with van der Waals surface area (Å²) in [6.45, 7) is 1.84. The van der Waals surface area contributed by atoms with Crippen molar-refractivity contribution in [1.82, 2.24) is 20.1 Å². The first-order chi connectivity index (χ1) is 17.2. The van der Waals surface area contributed by atoms with Crippen LogP contribution in [0.25, 0.3) is 28.0 Å². The molecule has 1 amide bonds. The minimum absolute atomic E-state index is 0.146. The molecule has 4 aromatic rings. The van der Waals surface area contributed by atoms with E-state index in [1.165, 1.54) is 24.5 Å². The molecule has 0 spiro atoms. The Kier molecular flexibility index (Phi) is 5.40. The number of pyridine rings is 1. The second kappa shape index (κ2) is 8.40. The summed E-state index contributed by atoms with van der Waals surface area (Å²) in [7, 11) is -2.66. The van der Waals surface area contributed by atoms with Gasteiger partial charge in [-0.2, -0.15) is 15.7 Å². The summed E-state index contributed by atoms with van der Waals surface area (Å²) < 4.78 is 35.3. The van der Waals surface area contributed by atoms with Gasteiger partial charge in [0.1, 0.15) is 11.5 Å². The number of carbonyl (C=O) groups is 1. The lowest BCUT2D eigenvalue weighted by atomic mass is 10.00. The maximum atomic E-state index is 13.6. The number of halogens is 1. The molecule has 6 rings (SSSR count). The van der Waals surface area contributed by atoms with Crippen LogP contribution >= 0.6 is 10.6 Å². The fourth-order valence-corrected chi connectivity index (χ4v) is 7.14. The molecule has 1 saturated carbocycles. The van der Waals surface area contributed by atoms with Crippen molar-refractivity contribution in [2.24, 2.45) is 0 Å². The lowest BCUT2D eigenvalue weighted by Crippen LogP contribution is -2.46. The number of nitrogens with one attached hydrogen (secondary N) is 1. The molecule has 0 bridgehead atoms. The molecule has 1 unspecified atom stereocenters. The van der Waals surface area contributed by atoms with E-state index in [1.54, 1.807) is 22.9 Å². The fourth-order valence-electron chi connectivity index (χ4n) is 4.98. The molecule has 3 heterocycles. The van der Waals surface area contributed by atoms with Crippen molar-refractivity contribution in [3.8, 4) is 17.1 Å². The number of hydrogen-bond donors (Lipinski definition) is 3. The van der Waals surface area contributed by atoms with Gasteiger partial charge in [-0.05, 0) is 74.1 Å². The highest BCUT2D eigenvalue weighted by Crippen LogP contribution is 2.50. The maximum Gasteiger partial charge on any atom is 0.251 e. The third-order valence-corrected chi connectivity index (χ3v) is 8.98. The first-order valence-electron chi connectivity index (χ1n) is 12.0. The quantitative estimate of drug-likeness (QED) is 0.320. The van der Waals surface area contributed by atoms with Gasteiger partial charge in [-0.25, -0.2) is 14.1 Å². The number of rotatable bonds is 5. The number of fused-ring (bicyclic) bond motifs is 1. The molecule has 2 aromatic carbocycles. The number of nitrogens with zero attached hydrogens (tertiary/aromatic N) is 3. The van der Waals surface area contributed by atoms with Gasteiger partial charge in [0, 0.05) is 22.3 Å². The van der Waals surface area contributed by atoms with Crippen LogP contribution in [0.3, 0.4) is 0 Å². The van der Waals surface area contributed by atoms with Crippen molar-refractivity contribution in [2.45, 2.75) is 37.6 Å². The van der Waals surface area contributed by atoms with Gasteiger partial charge in [0.05, 0.1) is 23.0 Å². The first-order valence-corrected chi connectivity index (χ1v) is 13.9. The molecule has 1 aliphatic carbocycles.